The van der Waals surface area contributed by atoms with Gasteiger partial charge in [0.25, 0.3) is 0 Å². The van der Waals surface area contributed by atoms with Gasteiger partial charge in [-0.25, -0.2) is 9.97 Å². The maximum absolute atomic E-state index is 5.41. The fraction of sp³-hybridized carbons (Fsp3) is 0.250. The lowest BCUT2D eigenvalue weighted by atomic mass is 10.0. The van der Waals surface area contributed by atoms with Crippen molar-refractivity contribution in [3.63, 3.8) is 0 Å². The highest BCUT2D eigenvalue weighted by Crippen LogP contribution is 2.34. The van der Waals surface area contributed by atoms with Crippen LogP contribution < -0.4 is 9.47 Å². The van der Waals surface area contributed by atoms with Gasteiger partial charge in [0.05, 0.1) is 25.4 Å². The van der Waals surface area contributed by atoms with Crippen LogP contribution in [0.2, 0.25) is 0 Å². The smallest absolute Gasteiger partial charge is 0.162 e. The Labute approximate surface area is 147 Å². The third-order valence-electron chi connectivity index (χ3n) is 3.90. The molecule has 2 heterocycles. The van der Waals surface area contributed by atoms with Crippen molar-refractivity contribution in [1.29, 1.82) is 0 Å². The van der Waals surface area contributed by atoms with E-state index < -0.39 is 0 Å². The van der Waals surface area contributed by atoms with Gasteiger partial charge in [-0.15, -0.1) is 0 Å². The minimum Gasteiger partial charge on any atom is -0.493 e. The first-order valence-electron chi connectivity index (χ1n) is 8.14. The van der Waals surface area contributed by atoms with E-state index in [1.807, 2.05) is 36.4 Å². The van der Waals surface area contributed by atoms with Crippen molar-refractivity contribution in [3.8, 4) is 11.5 Å². The summed E-state index contributed by atoms with van der Waals surface area (Å²) in [6, 6.07) is 7.72. The van der Waals surface area contributed by atoms with E-state index in [0.717, 1.165) is 22.2 Å². The van der Waals surface area contributed by atoms with Crippen molar-refractivity contribution in [2.45, 2.75) is 19.8 Å². The molecule has 0 N–H and O–H groups in total. The van der Waals surface area contributed by atoms with Gasteiger partial charge in [-0.3, -0.25) is 4.98 Å². The minimum atomic E-state index is 0.258. The average molecular weight is 335 g/mol. The van der Waals surface area contributed by atoms with Crippen LogP contribution in [-0.2, 0) is 0 Å². The van der Waals surface area contributed by atoms with E-state index in [1.165, 1.54) is 0 Å². The van der Waals surface area contributed by atoms with Crippen molar-refractivity contribution in [1.82, 2.24) is 15.0 Å². The van der Waals surface area contributed by atoms with E-state index in [4.69, 9.17) is 14.5 Å². The highest BCUT2D eigenvalue weighted by Gasteiger charge is 2.14. The molecule has 0 saturated carbocycles. The summed E-state index contributed by atoms with van der Waals surface area (Å²) in [7, 11) is 3.25. The molecule has 0 amide bonds. The Morgan fingerprint density at radius 3 is 2.40 bits per heavy atom. The molecule has 5 heteroatoms. The molecule has 0 unspecified atom stereocenters. The lowest BCUT2D eigenvalue weighted by Crippen LogP contribution is -2.01. The zero-order valence-electron chi connectivity index (χ0n) is 14.9. The maximum atomic E-state index is 5.41. The lowest BCUT2D eigenvalue weighted by molar-refractivity contribution is 0.355. The summed E-state index contributed by atoms with van der Waals surface area (Å²) in [5.41, 5.74) is 2.82. The van der Waals surface area contributed by atoms with Gasteiger partial charge in [0.15, 0.2) is 17.3 Å². The predicted molar refractivity (Wildman–Crippen MR) is 99.9 cm³/mol. The van der Waals surface area contributed by atoms with Crippen LogP contribution in [0.15, 0.2) is 36.7 Å². The van der Waals surface area contributed by atoms with Crippen molar-refractivity contribution >= 4 is 23.1 Å². The van der Waals surface area contributed by atoms with Gasteiger partial charge >= 0.3 is 0 Å². The Hall–Kier alpha value is -2.95. The second kappa shape index (κ2) is 7.30. The molecule has 5 nitrogen and oxygen atoms in total. The molecular formula is C20H21N3O2. The van der Waals surface area contributed by atoms with Crippen molar-refractivity contribution in [2.75, 3.05) is 14.2 Å². The molecular weight excluding hydrogens is 314 g/mol. The highest BCUT2D eigenvalue weighted by molar-refractivity contribution is 5.86. The maximum Gasteiger partial charge on any atom is 0.162 e. The summed E-state index contributed by atoms with van der Waals surface area (Å²) in [4.78, 5) is 13.5. The van der Waals surface area contributed by atoms with Gasteiger partial charge in [0.2, 0.25) is 0 Å². The number of hydrogen-bond acceptors (Lipinski definition) is 5. The van der Waals surface area contributed by atoms with Gasteiger partial charge < -0.3 is 9.47 Å². The fourth-order valence-corrected chi connectivity index (χ4v) is 2.66. The Morgan fingerprint density at radius 2 is 1.76 bits per heavy atom. The number of rotatable bonds is 5. The average Bonchev–Trinajstić information content (AvgIpc) is 2.65. The first-order chi connectivity index (χ1) is 12.1. The minimum absolute atomic E-state index is 0.258. The number of benzene rings is 1. The van der Waals surface area contributed by atoms with Gasteiger partial charge in [0, 0.05) is 23.8 Å². The zero-order valence-corrected chi connectivity index (χ0v) is 14.9. The van der Waals surface area contributed by atoms with Gasteiger partial charge in [-0.1, -0.05) is 19.9 Å². The molecule has 0 aliphatic carbocycles. The van der Waals surface area contributed by atoms with Crippen LogP contribution in [0.4, 0.5) is 0 Å². The Kier molecular flexibility index (Phi) is 4.93. The molecule has 0 saturated heterocycles. The van der Waals surface area contributed by atoms with E-state index in [2.05, 4.69) is 23.8 Å². The Balaban J connectivity index is 2.13. The molecule has 128 valence electrons. The monoisotopic (exact) mass is 335 g/mol. The predicted octanol–water partition coefficient (Wildman–Crippen LogP) is 4.34. The normalized spacial score (nSPS) is 11.4. The number of methoxy groups -OCH3 is 2. The van der Waals surface area contributed by atoms with E-state index in [-0.39, 0.29) is 5.92 Å². The fourth-order valence-electron chi connectivity index (χ4n) is 2.66. The highest BCUT2D eigenvalue weighted by atomic mass is 16.5. The molecule has 3 aromatic rings. The van der Waals surface area contributed by atoms with E-state index in [1.54, 1.807) is 26.6 Å². The first kappa shape index (κ1) is 16.9. The lowest BCUT2D eigenvalue weighted by Gasteiger charge is -2.13. The van der Waals surface area contributed by atoms with E-state index in [9.17, 15) is 0 Å². The number of hydrogen-bond donors (Lipinski definition) is 0. The third-order valence-corrected chi connectivity index (χ3v) is 3.90. The molecule has 0 aliphatic rings. The number of pyridine rings is 1. The molecule has 0 atom stereocenters. The number of ether oxygens (including phenoxy) is 2. The molecule has 1 aromatic carbocycles. The molecule has 0 spiro atoms. The molecule has 0 fully saturated rings. The molecule has 0 bridgehead atoms. The molecule has 0 aliphatic heterocycles. The van der Waals surface area contributed by atoms with Crippen LogP contribution in [0.5, 0.6) is 11.5 Å². The van der Waals surface area contributed by atoms with Crippen LogP contribution >= 0.6 is 0 Å². The summed E-state index contributed by atoms with van der Waals surface area (Å²) >= 11 is 0. The van der Waals surface area contributed by atoms with Crippen LogP contribution in [0.25, 0.3) is 23.1 Å². The summed E-state index contributed by atoms with van der Waals surface area (Å²) in [5.74, 6) is 2.26. The first-order valence-corrected chi connectivity index (χ1v) is 8.14. The van der Waals surface area contributed by atoms with Crippen molar-refractivity contribution in [2.24, 2.45) is 0 Å². The summed E-state index contributed by atoms with van der Waals surface area (Å²) < 4.78 is 10.8. The van der Waals surface area contributed by atoms with Gasteiger partial charge in [0.1, 0.15) is 0 Å². The molecule has 25 heavy (non-hydrogen) atoms. The van der Waals surface area contributed by atoms with Crippen LogP contribution in [-0.4, -0.2) is 29.2 Å². The quantitative estimate of drug-likeness (QED) is 0.694. The summed E-state index contributed by atoms with van der Waals surface area (Å²) in [5, 5.41) is 0.978. The van der Waals surface area contributed by atoms with Crippen LogP contribution in [0, 0.1) is 0 Å². The second-order valence-corrected chi connectivity index (χ2v) is 5.97. The van der Waals surface area contributed by atoms with Crippen LogP contribution in [0.1, 0.15) is 36.8 Å². The third kappa shape index (κ3) is 3.60. The zero-order chi connectivity index (χ0) is 17.8. The molecule has 0 radical (unpaired) electrons. The summed E-state index contributed by atoms with van der Waals surface area (Å²) in [6.07, 6.45) is 7.41. The molecule has 3 rings (SSSR count). The number of aromatic nitrogens is 3. The van der Waals surface area contributed by atoms with E-state index in [0.29, 0.717) is 17.3 Å². The van der Waals surface area contributed by atoms with Gasteiger partial charge in [-0.2, -0.15) is 0 Å². The standard InChI is InChI=1S/C20H21N3O2/c1-13(2)20-15-10-17(24-3)18(25-4)11-16(15)22-19(23-20)8-7-14-6-5-9-21-12-14/h5-13H,1-4H3/b8-7+. The molecule has 2 aromatic heterocycles. The topological polar surface area (TPSA) is 57.1 Å². The Bertz CT molecular complexity index is 906. The SMILES string of the molecule is COc1cc2nc(/C=C/c3cccnc3)nc(C(C)C)c2cc1OC. The van der Waals surface area contributed by atoms with Crippen LogP contribution in [0.3, 0.4) is 0 Å². The number of nitrogens with zero attached hydrogens (tertiary/aromatic N) is 3. The largest absolute Gasteiger partial charge is 0.493 e. The van der Waals surface area contributed by atoms with E-state index >= 15 is 0 Å². The Morgan fingerprint density at radius 1 is 1.00 bits per heavy atom. The number of fused-ring (bicyclic) bond motifs is 1. The summed E-state index contributed by atoms with van der Waals surface area (Å²) in [6.45, 7) is 4.24. The van der Waals surface area contributed by atoms with Gasteiger partial charge in [-0.05, 0) is 35.8 Å². The second-order valence-electron chi connectivity index (χ2n) is 5.97. The van der Waals surface area contributed by atoms with Crippen molar-refractivity contribution in [3.05, 3.63) is 53.7 Å². The van der Waals surface area contributed by atoms with Crippen molar-refractivity contribution < 1.29 is 9.47 Å².